The van der Waals surface area contributed by atoms with Crippen molar-refractivity contribution in [2.45, 2.75) is 13.8 Å². The van der Waals surface area contributed by atoms with Crippen molar-refractivity contribution in [1.82, 2.24) is 4.98 Å². The predicted octanol–water partition coefficient (Wildman–Crippen LogP) is 3.01. The highest BCUT2D eigenvalue weighted by atomic mass is 32.1. The Hall–Kier alpha value is -1.68. The Morgan fingerprint density at radius 1 is 1.31 bits per heavy atom. The summed E-state index contributed by atoms with van der Waals surface area (Å²) in [6.07, 6.45) is 0. The number of carbonyl (C=O) groups is 1. The number of carbonyl (C=O) groups excluding carboxylic acids is 1. The summed E-state index contributed by atoms with van der Waals surface area (Å²) in [5.41, 5.74) is 2.56. The summed E-state index contributed by atoms with van der Waals surface area (Å²) in [6.45, 7) is 3.81. The second-order valence-electron chi connectivity index (χ2n) is 3.52. The summed E-state index contributed by atoms with van der Waals surface area (Å²) in [6, 6.07) is 7.43. The van der Waals surface area contributed by atoms with Gasteiger partial charge < -0.3 is 5.32 Å². The molecule has 1 amide bonds. The van der Waals surface area contributed by atoms with Gasteiger partial charge in [-0.05, 0) is 37.4 Å². The fraction of sp³-hybridized carbons (Fsp3) is 0.167. The first-order valence-corrected chi connectivity index (χ1v) is 5.84. The average molecular weight is 232 g/mol. The Balaban J connectivity index is 2.18. The van der Waals surface area contributed by atoms with Crippen molar-refractivity contribution >= 4 is 22.9 Å². The van der Waals surface area contributed by atoms with Gasteiger partial charge in [0.1, 0.15) is 0 Å². The van der Waals surface area contributed by atoms with Crippen molar-refractivity contribution in [3.63, 3.8) is 0 Å². The molecule has 1 N–H and O–H groups in total. The van der Waals surface area contributed by atoms with E-state index < -0.39 is 0 Å². The number of nitrogens with zero attached hydrogens (tertiary/aromatic N) is 1. The number of hydrogen-bond acceptors (Lipinski definition) is 3. The molecule has 16 heavy (non-hydrogen) atoms. The molecule has 3 nitrogen and oxygen atoms in total. The quantitative estimate of drug-likeness (QED) is 0.864. The van der Waals surface area contributed by atoms with Crippen LogP contribution in [0.2, 0.25) is 0 Å². The van der Waals surface area contributed by atoms with Gasteiger partial charge in [-0.1, -0.05) is 6.07 Å². The van der Waals surface area contributed by atoms with Crippen LogP contribution in [0.25, 0.3) is 0 Å². The van der Waals surface area contributed by atoms with Gasteiger partial charge in [-0.15, -0.1) is 11.3 Å². The topological polar surface area (TPSA) is 42.0 Å². The van der Waals surface area contributed by atoms with Crippen molar-refractivity contribution < 1.29 is 4.79 Å². The van der Waals surface area contributed by atoms with E-state index in [0.29, 0.717) is 4.88 Å². The maximum atomic E-state index is 11.8. The van der Waals surface area contributed by atoms with Crippen LogP contribution >= 0.6 is 11.3 Å². The molecular formula is C12H12N2OS. The second kappa shape index (κ2) is 4.45. The van der Waals surface area contributed by atoms with Gasteiger partial charge in [-0.3, -0.25) is 9.78 Å². The van der Waals surface area contributed by atoms with Crippen LogP contribution in [0.1, 0.15) is 21.1 Å². The number of anilines is 1. The van der Waals surface area contributed by atoms with Crippen LogP contribution in [-0.4, -0.2) is 10.9 Å². The lowest BCUT2D eigenvalue weighted by Gasteiger charge is -2.06. The molecule has 4 heteroatoms. The first-order valence-electron chi connectivity index (χ1n) is 4.96. The molecule has 2 aromatic heterocycles. The zero-order chi connectivity index (χ0) is 11.5. The number of thiophene rings is 1. The zero-order valence-electron chi connectivity index (χ0n) is 9.15. The van der Waals surface area contributed by atoms with E-state index in [-0.39, 0.29) is 5.91 Å². The van der Waals surface area contributed by atoms with Gasteiger partial charge in [-0.25, -0.2) is 0 Å². The highest BCUT2D eigenvalue weighted by Crippen LogP contribution is 2.16. The number of aromatic nitrogens is 1. The molecule has 0 aliphatic rings. The molecule has 2 heterocycles. The Kier molecular flexibility index (Phi) is 3.01. The summed E-state index contributed by atoms with van der Waals surface area (Å²) in [4.78, 5) is 16.8. The van der Waals surface area contributed by atoms with Crippen LogP contribution in [-0.2, 0) is 0 Å². The third kappa shape index (κ3) is 2.28. The van der Waals surface area contributed by atoms with Crippen LogP contribution in [0.3, 0.4) is 0 Å². The lowest BCUT2D eigenvalue weighted by Crippen LogP contribution is -2.11. The Morgan fingerprint density at radius 2 is 2.12 bits per heavy atom. The van der Waals surface area contributed by atoms with Crippen molar-refractivity contribution in [2.75, 3.05) is 5.32 Å². The smallest absolute Gasteiger partial charge is 0.265 e. The highest BCUT2D eigenvalue weighted by Gasteiger charge is 2.08. The molecule has 0 fully saturated rings. The number of aryl methyl sites for hydroxylation is 2. The monoisotopic (exact) mass is 232 g/mol. The lowest BCUT2D eigenvalue weighted by molar-refractivity contribution is 0.103. The van der Waals surface area contributed by atoms with E-state index in [0.717, 1.165) is 17.1 Å². The molecule has 0 aliphatic heterocycles. The lowest BCUT2D eigenvalue weighted by atomic mass is 10.2. The second-order valence-corrected chi connectivity index (χ2v) is 4.46. The molecular weight excluding hydrogens is 220 g/mol. The van der Waals surface area contributed by atoms with E-state index in [4.69, 9.17) is 0 Å². The molecule has 2 aromatic rings. The van der Waals surface area contributed by atoms with Crippen molar-refractivity contribution in [2.24, 2.45) is 0 Å². The van der Waals surface area contributed by atoms with E-state index >= 15 is 0 Å². The number of amides is 1. The first-order chi connectivity index (χ1) is 7.66. The van der Waals surface area contributed by atoms with E-state index in [2.05, 4.69) is 10.3 Å². The van der Waals surface area contributed by atoms with Gasteiger partial charge >= 0.3 is 0 Å². The molecule has 0 radical (unpaired) electrons. The molecule has 0 aromatic carbocycles. The molecule has 0 aliphatic carbocycles. The molecule has 2 rings (SSSR count). The maximum Gasteiger partial charge on any atom is 0.265 e. The fourth-order valence-electron chi connectivity index (χ4n) is 1.41. The maximum absolute atomic E-state index is 11.8. The zero-order valence-corrected chi connectivity index (χ0v) is 9.97. The molecule has 0 saturated heterocycles. The van der Waals surface area contributed by atoms with Crippen LogP contribution < -0.4 is 5.32 Å². The summed E-state index contributed by atoms with van der Waals surface area (Å²) in [5.74, 6) is -0.0799. The normalized spacial score (nSPS) is 10.1. The number of rotatable bonds is 2. The van der Waals surface area contributed by atoms with Crippen LogP contribution in [0, 0.1) is 13.8 Å². The molecule has 0 atom stereocenters. The van der Waals surface area contributed by atoms with E-state index in [1.165, 1.54) is 11.3 Å². The van der Waals surface area contributed by atoms with E-state index in [9.17, 15) is 4.79 Å². The number of hydrogen-bond donors (Lipinski definition) is 1. The Bertz CT molecular complexity index is 506. The van der Waals surface area contributed by atoms with Gasteiger partial charge in [-0.2, -0.15) is 0 Å². The van der Waals surface area contributed by atoms with Crippen LogP contribution in [0.5, 0.6) is 0 Å². The Morgan fingerprint density at radius 3 is 2.75 bits per heavy atom. The van der Waals surface area contributed by atoms with Gasteiger partial charge in [0.15, 0.2) is 0 Å². The van der Waals surface area contributed by atoms with Gasteiger partial charge in [0.25, 0.3) is 5.91 Å². The first kappa shape index (κ1) is 10.8. The fourth-order valence-corrected chi connectivity index (χ4v) is 2.03. The largest absolute Gasteiger partial charge is 0.320 e. The standard InChI is InChI=1S/C12H12N2OS/c1-8-5-6-10(9(2)13-8)14-12(15)11-4-3-7-16-11/h3-7H,1-2H3,(H,14,15). The molecule has 0 bridgehead atoms. The van der Waals surface area contributed by atoms with Crippen molar-refractivity contribution in [3.05, 3.63) is 45.9 Å². The summed E-state index contributed by atoms with van der Waals surface area (Å²) in [5, 5.41) is 4.73. The number of nitrogens with one attached hydrogen (secondary N) is 1. The van der Waals surface area contributed by atoms with E-state index in [1.807, 2.05) is 37.4 Å². The van der Waals surface area contributed by atoms with Gasteiger partial charge in [0.2, 0.25) is 0 Å². The average Bonchev–Trinajstić information content (AvgIpc) is 2.75. The molecule has 82 valence electrons. The summed E-state index contributed by atoms with van der Waals surface area (Å²) < 4.78 is 0. The summed E-state index contributed by atoms with van der Waals surface area (Å²) >= 11 is 1.43. The molecule has 0 unspecified atom stereocenters. The van der Waals surface area contributed by atoms with Gasteiger partial charge in [0.05, 0.1) is 16.3 Å². The predicted molar refractivity (Wildman–Crippen MR) is 66.0 cm³/mol. The minimum absolute atomic E-state index is 0.0799. The molecule has 0 spiro atoms. The third-order valence-corrected chi connectivity index (χ3v) is 3.09. The SMILES string of the molecule is Cc1ccc(NC(=O)c2cccs2)c(C)n1. The third-order valence-electron chi connectivity index (χ3n) is 2.22. The van der Waals surface area contributed by atoms with Crippen LogP contribution in [0.15, 0.2) is 29.6 Å². The summed E-state index contributed by atoms with van der Waals surface area (Å²) in [7, 11) is 0. The number of pyridine rings is 1. The highest BCUT2D eigenvalue weighted by molar-refractivity contribution is 7.12. The van der Waals surface area contributed by atoms with E-state index in [1.54, 1.807) is 6.07 Å². The van der Waals surface area contributed by atoms with Crippen molar-refractivity contribution in [1.29, 1.82) is 0 Å². The van der Waals surface area contributed by atoms with Crippen LogP contribution in [0.4, 0.5) is 5.69 Å². The Labute approximate surface area is 98.2 Å². The van der Waals surface area contributed by atoms with Crippen molar-refractivity contribution in [3.8, 4) is 0 Å². The minimum Gasteiger partial charge on any atom is -0.320 e. The minimum atomic E-state index is -0.0799. The van der Waals surface area contributed by atoms with Gasteiger partial charge in [0, 0.05) is 5.69 Å². The molecule has 0 saturated carbocycles.